The van der Waals surface area contributed by atoms with Crippen LogP contribution in [0.3, 0.4) is 0 Å². The van der Waals surface area contributed by atoms with Gasteiger partial charge < -0.3 is 14.7 Å². The van der Waals surface area contributed by atoms with Gasteiger partial charge in [0.2, 0.25) is 5.91 Å². The van der Waals surface area contributed by atoms with Crippen molar-refractivity contribution in [3.8, 4) is 0 Å². The summed E-state index contributed by atoms with van der Waals surface area (Å²) in [5.74, 6) is 0.346. The molecule has 0 aromatic heterocycles. The summed E-state index contributed by atoms with van der Waals surface area (Å²) in [6.45, 7) is 2.65. The van der Waals surface area contributed by atoms with E-state index >= 15 is 0 Å². The molecular weight excluding hydrogens is 182 g/mol. The molecule has 2 heterocycles. The van der Waals surface area contributed by atoms with E-state index in [2.05, 4.69) is 0 Å². The Hall–Kier alpha value is -0.610. The third-order valence-electron chi connectivity index (χ3n) is 3.05. The highest BCUT2D eigenvalue weighted by molar-refractivity contribution is 5.79. The van der Waals surface area contributed by atoms with Crippen molar-refractivity contribution in [3.05, 3.63) is 0 Å². The summed E-state index contributed by atoms with van der Waals surface area (Å²) < 4.78 is 5.21. The lowest BCUT2D eigenvalue weighted by molar-refractivity contribution is -0.137. The number of rotatable bonds is 1. The zero-order chi connectivity index (χ0) is 9.97. The number of aliphatic hydroxyl groups excluding tert-OH is 1. The molecule has 2 aliphatic heterocycles. The van der Waals surface area contributed by atoms with Gasteiger partial charge in [0.25, 0.3) is 0 Å². The lowest BCUT2D eigenvalue weighted by atomic mass is 9.99. The average Bonchev–Trinajstić information content (AvgIpc) is 2.65. The number of nitrogens with zero attached hydrogens (tertiary/aromatic N) is 1. The Morgan fingerprint density at radius 3 is 2.57 bits per heavy atom. The molecule has 0 aromatic rings. The second-order valence-corrected chi connectivity index (χ2v) is 4.11. The van der Waals surface area contributed by atoms with Crippen LogP contribution in [0, 0.1) is 5.92 Å². The summed E-state index contributed by atoms with van der Waals surface area (Å²) >= 11 is 0. The predicted molar refractivity (Wildman–Crippen MR) is 50.7 cm³/mol. The van der Waals surface area contributed by atoms with Gasteiger partial charge in [-0.2, -0.15) is 0 Å². The van der Waals surface area contributed by atoms with Gasteiger partial charge in [0.1, 0.15) is 0 Å². The van der Waals surface area contributed by atoms with E-state index in [9.17, 15) is 9.90 Å². The van der Waals surface area contributed by atoms with Crippen LogP contribution >= 0.6 is 0 Å². The zero-order valence-corrected chi connectivity index (χ0v) is 8.32. The number of likely N-dealkylation sites (tertiary alicyclic amines) is 1. The molecule has 0 radical (unpaired) electrons. The van der Waals surface area contributed by atoms with Crippen LogP contribution in [0.5, 0.6) is 0 Å². The number of ether oxygens (including phenoxy) is 1. The molecule has 2 saturated heterocycles. The molecule has 0 aromatic carbocycles. The third kappa shape index (κ3) is 2.07. The van der Waals surface area contributed by atoms with Gasteiger partial charge in [0.15, 0.2) is 0 Å². The van der Waals surface area contributed by atoms with Gasteiger partial charge in [-0.25, -0.2) is 0 Å². The molecular formula is C10H17NO3. The van der Waals surface area contributed by atoms with E-state index in [1.807, 2.05) is 0 Å². The number of hydrogen-bond acceptors (Lipinski definition) is 3. The van der Waals surface area contributed by atoms with E-state index < -0.39 is 0 Å². The molecule has 2 fully saturated rings. The first-order chi connectivity index (χ1) is 6.77. The Morgan fingerprint density at radius 1 is 1.29 bits per heavy atom. The SMILES string of the molecule is O=C(C1CCOCC1)N1CC[C@H](O)C1. The molecule has 14 heavy (non-hydrogen) atoms. The largest absolute Gasteiger partial charge is 0.391 e. The summed E-state index contributed by atoms with van der Waals surface area (Å²) in [6, 6.07) is 0. The summed E-state index contributed by atoms with van der Waals surface area (Å²) in [7, 11) is 0. The average molecular weight is 199 g/mol. The van der Waals surface area contributed by atoms with Gasteiger partial charge in [0.05, 0.1) is 6.10 Å². The standard InChI is InChI=1S/C10H17NO3/c12-9-1-4-11(7-9)10(13)8-2-5-14-6-3-8/h8-9,12H,1-7H2/t9-/m0/s1. The molecule has 2 aliphatic rings. The van der Waals surface area contributed by atoms with Crippen LogP contribution in [0.25, 0.3) is 0 Å². The van der Waals surface area contributed by atoms with Crippen LogP contribution in [0.2, 0.25) is 0 Å². The molecule has 0 bridgehead atoms. The lowest BCUT2D eigenvalue weighted by Gasteiger charge is -2.26. The molecule has 0 saturated carbocycles. The number of carbonyl (C=O) groups is 1. The van der Waals surface area contributed by atoms with Gasteiger partial charge in [-0.3, -0.25) is 4.79 Å². The Labute approximate surface area is 83.8 Å². The summed E-state index contributed by atoms with van der Waals surface area (Å²) in [6.07, 6.45) is 2.10. The maximum atomic E-state index is 11.9. The number of carbonyl (C=O) groups excluding carboxylic acids is 1. The molecule has 0 spiro atoms. The van der Waals surface area contributed by atoms with Crippen molar-refractivity contribution < 1.29 is 14.6 Å². The maximum absolute atomic E-state index is 11.9. The number of hydrogen-bond donors (Lipinski definition) is 1. The Balaban J connectivity index is 1.87. The zero-order valence-electron chi connectivity index (χ0n) is 8.32. The highest BCUT2D eigenvalue weighted by atomic mass is 16.5. The second-order valence-electron chi connectivity index (χ2n) is 4.11. The molecule has 80 valence electrons. The molecule has 1 amide bonds. The Bertz CT molecular complexity index is 207. The quantitative estimate of drug-likeness (QED) is 0.647. The van der Waals surface area contributed by atoms with E-state index in [4.69, 9.17) is 4.74 Å². The fourth-order valence-corrected chi connectivity index (χ4v) is 2.14. The van der Waals surface area contributed by atoms with E-state index in [0.29, 0.717) is 19.8 Å². The number of β-amino-alcohol motifs (C(OH)–C–C–N with tert-alkyl or cyclic N) is 1. The smallest absolute Gasteiger partial charge is 0.225 e. The first-order valence-corrected chi connectivity index (χ1v) is 5.32. The normalized spacial score (nSPS) is 29.5. The summed E-state index contributed by atoms with van der Waals surface area (Å²) in [4.78, 5) is 13.7. The minimum Gasteiger partial charge on any atom is -0.391 e. The fourth-order valence-electron chi connectivity index (χ4n) is 2.14. The van der Waals surface area contributed by atoms with Crippen molar-refractivity contribution >= 4 is 5.91 Å². The summed E-state index contributed by atoms with van der Waals surface area (Å²) in [5, 5.41) is 9.33. The number of amides is 1. The molecule has 4 nitrogen and oxygen atoms in total. The second kappa shape index (κ2) is 4.28. The van der Waals surface area contributed by atoms with E-state index in [-0.39, 0.29) is 17.9 Å². The Morgan fingerprint density at radius 2 is 2.00 bits per heavy atom. The van der Waals surface area contributed by atoms with Gasteiger partial charge in [-0.15, -0.1) is 0 Å². The summed E-state index contributed by atoms with van der Waals surface area (Å²) in [5.41, 5.74) is 0. The highest BCUT2D eigenvalue weighted by Gasteiger charge is 2.30. The molecule has 0 unspecified atom stereocenters. The van der Waals surface area contributed by atoms with Gasteiger partial charge in [-0.1, -0.05) is 0 Å². The van der Waals surface area contributed by atoms with Crippen molar-refractivity contribution in [1.82, 2.24) is 4.90 Å². The highest BCUT2D eigenvalue weighted by Crippen LogP contribution is 2.20. The molecule has 1 N–H and O–H groups in total. The van der Waals surface area contributed by atoms with Crippen LogP contribution in [-0.4, -0.2) is 48.3 Å². The fraction of sp³-hybridized carbons (Fsp3) is 0.900. The molecule has 2 rings (SSSR count). The predicted octanol–water partition coefficient (Wildman–Crippen LogP) is 0.00620. The van der Waals surface area contributed by atoms with E-state index in [1.54, 1.807) is 4.90 Å². The van der Waals surface area contributed by atoms with Crippen molar-refractivity contribution in [2.75, 3.05) is 26.3 Å². The minimum absolute atomic E-state index is 0.133. The first-order valence-electron chi connectivity index (χ1n) is 5.32. The van der Waals surface area contributed by atoms with E-state index in [1.165, 1.54) is 0 Å². The molecule has 1 atom stereocenters. The van der Waals surface area contributed by atoms with Crippen LogP contribution in [0.4, 0.5) is 0 Å². The molecule has 4 heteroatoms. The maximum Gasteiger partial charge on any atom is 0.225 e. The monoisotopic (exact) mass is 199 g/mol. The van der Waals surface area contributed by atoms with Gasteiger partial charge in [-0.05, 0) is 19.3 Å². The van der Waals surface area contributed by atoms with Crippen LogP contribution in [-0.2, 0) is 9.53 Å². The lowest BCUT2D eigenvalue weighted by Crippen LogP contribution is -2.37. The van der Waals surface area contributed by atoms with Crippen LogP contribution in [0.15, 0.2) is 0 Å². The van der Waals surface area contributed by atoms with Crippen LogP contribution < -0.4 is 0 Å². The van der Waals surface area contributed by atoms with Gasteiger partial charge in [0, 0.05) is 32.2 Å². The topological polar surface area (TPSA) is 49.8 Å². The minimum atomic E-state index is -0.307. The molecule has 0 aliphatic carbocycles. The van der Waals surface area contributed by atoms with E-state index in [0.717, 1.165) is 25.8 Å². The van der Waals surface area contributed by atoms with Gasteiger partial charge >= 0.3 is 0 Å². The van der Waals surface area contributed by atoms with Crippen LogP contribution in [0.1, 0.15) is 19.3 Å². The Kier molecular flexibility index (Phi) is 3.03. The number of aliphatic hydroxyl groups is 1. The first kappa shape index (κ1) is 9.93. The van der Waals surface area contributed by atoms with Crippen molar-refractivity contribution in [3.63, 3.8) is 0 Å². The van der Waals surface area contributed by atoms with Crippen molar-refractivity contribution in [2.45, 2.75) is 25.4 Å². The van der Waals surface area contributed by atoms with Crippen molar-refractivity contribution in [2.24, 2.45) is 5.92 Å². The third-order valence-corrected chi connectivity index (χ3v) is 3.05. The van der Waals surface area contributed by atoms with Crippen molar-refractivity contribution in [1.29, 1.82) is 0 Å².